The van der Waals surface area contributed by atoms with Crippen LogP contribution in [0.25, 0.3) is 6.08 Å². The Bertz CT molecular complexity index is 299. The summed E-state index contributed by atoms with van der Waals surface area (Å²) in [5, 5.41) is 10.3. The molecule has 0 aliphatic rings. The molecule has 0 bridgehead atoms. The standard InChI is InChI=1S/C10H10O2/c1-8(10(11)12)7-9-5-3-2-4-6-9/h2-7H,1H3,(H,11,12)/p-1/b8-7-. The number of benzene rings is 1. The first kappa shape index (κ1) is 8.53. The molecular formula is C10H9O2-. The molecule has 1 aromatic rings. The minimum Gasteiger partial charge on any atom is -0.545 e. The Hall–Kier alpha value is -1.57. The summed E-state index contributed by atoms with van der Waals surface area (Å²) in [4.78, 5) is 10.3. The van der Waals surface area contributed by atoms with Gasteiger partial charge in [-0.05, 0) is 18.1 Å². The highest BCUT2D eigenvalue weighted by Gasteiger charge is 1.89. The Morgan fingerprint density at radius 3 is 2.42 bits per heavy atom. The van der Waals surface area contributed by atoms with Crippen molar-refractivity contribution >= 4 is 12.0 Å². The molecule has 12 heavy (non-hydrogen) atoms. The van der Waals surface area contributed by atoms with E-state index in [2.05, 4.69) is 0 Å². The van der Waals surface area contributed by atoms with Gasteiger partial charge in [-0.25, -0.2) is 0 Å². The number of hydrogen-bond acceptors (Lipinski definition) is 2. The Morgan fingerprint density at radius 1 is 1.33 bits per heavy atom. The molecule has 62 valence electrons. The Morgan fingerprint density at radius 2 is 1.92 bits per heavy atom. The second kappa shape index (κ2) is 3.72. The molecule has 0 saturated carbocycles. The first-order chi connectivity index (χ1) is 5.70. The molecule has 0 heterocycles. The van der Waals surface area contributed by atoms with Crippen LogP contribution in [0.15, 0.2) is 35.9 Å². The maximum absolute atomic E-state index is 10.3. The molecule has 0 amide bonds. The van der Waals surface area contributed by atoms with Crippen molar-refractivity contribution in [3.05, 3.63) is 41.5 Å². The lowest BCUT2D eigenvalue weighted by atomic mass is 10.1. The van der Waals surface area contributed by atoms with E-state index in [4.69, 9.17) is 0 Å². The maximum atomic E-state index is 10.3. The van der Waals surface area contributed by atoms with Crippen molar-refractivity contribution in [2.24, 2.45) is 0 Å². The first-order valence-electron chi connectivity index (χ1n) is 3.65. The summed E-state index contributed by atoms with van der Waals surface area (Å²) in [7, 11) is 0. The van der Waals surface area contributed by atoms with E-state index in [-0.39, 0.29) is 5.57 Å². The van der Waals surface area contributed by atoms with Gasteiger partial charge in [0.05, 0.1) is 5.97 Å². The number of carboxylic acids is 1. The third kappa shape index (κ3) is 2.23. The summed E-state index contributed by atoms with van der Waals surface area (Å²) < 4.78 is 0. The third-order valence-electron chi connectivity index (χ3n) is 1.50. The summed E-state index contributed by atoms with van der Waals surface area (Å²) in [5.41, 5.74) is 1.11. The van der Waals surface area contributed by atoms with Crippen LogP contribution in [-0.4, -0.2) is 5.97 Å². The largest absolute Gasteiger partial charge is 0.545 e. The van der Waals surface area contributed by atoms with E-state index < -0.39 is 5.97 Å². The molecule has 0 aromatic heterocycles. The van der Waals surface area contributed by atoms with Crippen LogP contribution < -0.4 is 5.11 Å². The number of hydrogen-bond donors (Lipinski definition) is 0. The van der Waals surface area contributed by atoms with Gasteiger partial charge in [-0.2, -0.15) is 0 Å². The van der Waals surface area contributed by atoms with E-state index in [9.17, 15) is 9.90 Å². The fourth-order valence-corrected chi connectivity index (χ4v) is 0.858. The number of aliphatic carboxylic acids is 1. The lowest BCUT2D eigenvalue weighted by molar-refractivity contribution is -0.299. The second-order valence-electron chi connectivity index (χ2n) is 2.53. The summed E-state index contributed by atoms with van der Waals surface area (Å²) in [6, 6.07) is 9.27. The van der Waals surface area contributed by atoms with Gasteiger partial charge >= 0.3 is 0 Å². The SMILES string of the molecule is C/C(=C/c1ccccc1)C(=O)[O-]. The lowest BCUT2D eigenvalue weighted by Gasteiger charge is -2.00. The highest BCUT2D eigenvalue weighted by Crippen LogP contribution is 2.04. The minimum atomic E-state index is -1.13. The molecule has 0 radical (unpaired) electrons. The van der Waals surface area contributed by atoms with Gasteiger partial charge in [-0.15, -0.1) is 0 Å². The first-order valence-corrected chi connectivity index (χ1v) is 3.65. The zero-order chi connectivity index (χ0) is 8.97. The second-order valence-corrected chi connectivity index (χ2v) is 2.53. The average molecular weight is 161 g/mol. The van der Waals surface area contributed by atoms with Crippen molar-refractivity contribution in [1.29, 1.82) is 0 Å². The quantitative estimate of drug-likeness (QED) is 0.603. The van der Waals surface area contributed by atoms with Crippen molar-refractivity contribution in [2.45, 2.75) is 6.92 Å². The average Bonchev–Trinajstić information content (AvgIpc) is 2.06. The minimum absolute atomic E-state index is 0.237. The van der Waals surface area contributed by atoms with Crippen LogP contribution in [0.2, 0.25) is 0 Å². The van der Waals surface area contributed by atoms with Crippen LogP contribution in [0.4, 0.5) is 0 Å². The molecule has 0 aliphatic carbocycles. The van der Waals surface area contributed by atoms with Crippen LogP contribution in [0.5, 0.6) is 0 Å². The zero-order valence-electron chi connectivity index (χ0n) is 6.78. The molecule has 1 aromatic carbocycles. The van der Waals surface area contributed by atoms with E-state index in [1.54, 1.807) is 6.08 Å². The van der Waals surface area contributed by atoms with Crippen LogP contribution in [-0.2, 0) is 4.79 Å². The van der Waals surface area contributed by atoms with E-state index in [0.29, 0.717) is 0 Å². The van der Waals surface area contributed by atoms with Gasteiger partial charge in [0.15, 0.2) is 0 Å². The van der Waals surface area contributed by atoms with E-state index in [1.807, 2.05) is 30.3 Å². The summed E-state index contributed by atoms with van der Waals surface area (Å²) in [6.07, 6.45) is 1.58. The molecule has 2 nitrogen and oxygen atoms in total. The van der Waals surface area contributed by atoms with Crippen molar-refractivity contribution < 1.29 is 9.90 Å². The highest BCUT2D eigenvalue weighted by molar-refractivity contribution is 5.89. The molecule has 1 rings (SSSR count). The van der Waals surface area contributed by atoms with Gasteiger partial charge in [0, 0.05) is 0 Å². The Balaban J connectivity index is 2.89. The van der Waals surface area contributed by atoms with E-state index >= 15 is 0 Å². The van der Waals surface area contributed by atoms with Gasteiger partial charge in [0.25, 0.3) is 0 Å². The molecule has 0 spiro atoms. The molecule has 0 N–H and O–H groups in total. The maximum Gasteiger partial charge on any atom is 0.0672 e. The van der Waals surface area contributed by atoms with Crippen LogP contribution in [0.1, 0.15) is 12.5 Å². The number of rotatable bonds is 2. The van der Waals surface area contributed by atoms with Crippen LogP contribution >= 0.6 is 0 Å². The highest BCUT2D eigenvalue weighted by atomic mass is 16.4. The molecule has 0 aliphatic heterocycles. The van der Waals surface area contributed by atoms with E-state index in [1.165, 1.54) is 6.92 Å². The molecule has 0 unspecified atom stereocenters. The smallest absolute Gasteiger partial charge is 0.0672 e. The summed E-state index contributed by atoms with van der Waals surface area (Å²) >= 11 is 0. The van der Waals surface area contributed by atoms with Crippen molar-refractivity contribution in [3.8, 4) is 0 Å². The van der Waals surface area contributed by atoms with Gasteiger partial charge in [-0.1, -0.05) is 36.4 Å². The van der Waals surface area contributed by atoms with E-state index in [0.717, 1.165) is 5.56 Å². The Kier molecular flexibility index (Phi) is 2.64. The molecular weight excluding hydrogens is 152 g/mol. The number of carboxylic acid groups (broad SMARTS) is 1. The topological polar surface area (TPSA) is 40.1 Å². The summed E-state index contributed by atoms with van der Waals surface area (Å²) in [6.45, 7) is 1.52. The predicted octanol–water partition coefficient (Wildman–Crippen LogP) is 0.840. The monoisotopic (exact) mass is 161 g/mol. The van der Waals surface area contributed by atoms with Crippen molar-refractivity contribution in [1.82, 2.24) is 0 Å². The lowest BCUT2D eigenvalue weighted by Crippen LogP contribution is -2.22. The van der Waals surface area contributed by atoms with Crippen LogP contribution in [0, 0.1) is 0 Å². The third-order valence-corrected chi connectivity index (χ3v) is 1.50. The van der Waals surface area contributed by atoms with Crippen LogP contribution in [0.3, 0.4) is 0 Å². The van der Waals surface area contributed by atoms with Gasteiger partial charge in [0.2, 0.25) is 0 Å². The zero-order valence-corrected chi connectivity index (χ0v) is 6.78. The van der Waals surface area contributed by atoms with Gasteiger partial charge in [-0.3, -0.25) is 0 Å². The van der Waals surface area contributed by atoms with Gasteiger partial charge < -0.3 is 9.90 Å². The predicted molar refractivity (Wildman–Crippen MR) is 45.1 cm³/mol. The molecule has 2 heteroatoms. The number of carbonyl (C=O) groups is 1. The Labute approximate surface area is 71.2 Å². The van der Waals surface area contributed by atoms with Crippen molar-refractivity contribution in [3.63, 3.8) is 0 Å². The fourth-order valence-electron chi connectivity index (χ4n) is 0.858. The normalized spacial score (nSPS) is 11.2. The number of carbonyl (C=O) groups excluding carboxylic acids is 1. The molecule has 0 fully saturated rings. The van der Waals surface area contributed by atoms with Crippen molar-refractivity contribution in [2.75, 3.05) is 0 Å². The molecule has 0 saturated heterocycles. The van der Waals surface area contributed by atoms with Gasteiger partial charge in [0.1, 0.15) is 0 Å². The fraction of sp³-hybridized carbons (Fsp3) is 0.100. The molecule has 0 atom stereocenters. The summed E-state index contributed by atoms with van der Waals surface area (Å²) in [5.74, 6) is -1.13.